The Morgan fingerprint density at radius 2 is 1.90 bits per heavy atom. The van der Waals surface area contributed by atoms with Crippen LogP contribution in [0.25, 0.3) is 0 Å². The molecule has 0 fully saturated rings. The van der Waals surface area contributed by atoms with Gasteiger partial charge in [-0.2, -0.15) is 0 Å². The first-order valence-corrected chi connectivity index (χ1v) is 10.8. The summed E-state index contributed by atoms with van der Waals surface area (Å²) in [5.74, 6) is -0.596. The Hall–Kier alpha value is -2.93. The predicted octanol–water partition coefficient (Wildman–Crippen LogP) is 2.36. The van der Waals surface area contributed by atoms with Gasteiger partial charge in [-0.05, 0) is 25.3 Å². The third-order valence-corrected chi connectivity index (χ3v) is 6.06. The van der Waals surface area contributed by atoms with Gasteiger partial charge in [-0.3, -0.25) is 14.4 Å². The highest BCUT2D eigenvalue weighted by atomic mass is 16.3. The number of rotatable bonds is 8. The molecule has 31 heavy (non-hydrogen) atoms. The topological polar surface area (TPSA) is 91.6 Å². The van der Waals surface area contributed by atoms with E-state index in [1.165, 1.54) is 0 Å². The molecule has 1 aromatic carbocycles. The fraction of sp³-hybridized carbons (Fsp3) is 0.458. The number of aromatic nitrogens is 1. The van der Waals surface area contributed by atoms with Gasteiger partial charge in [0.25, 0.3) is 11.8 Å². The van der Waals surface area contributed by atoms with Crippen molar-refractivity contribution in [3.63, 3.8) is 0 Å². The van der Waals surface area contributed by atoms with Gasteiger partial charge in [0.15, 0.2) is 5.78 Å². The Balaban J connectivity index is 1.99. The van der Waals surface area contributed by atoms with Crippen LogP contribution in [0.5, 0.6) is 0 Å². The van der Waals surface area contributed by atoms with Gasteiger partial charge in [0.1, 0.15) is 5.69 Å². The van der Waals surface area contributed by atoms with Crippen LogP contribution >= 0.6 is 0 Å². The summed E-state index contributed by atoms with van der Waals surface area (Å²) in [6, 6.07) is 8.49. The van der Waals surface area contributed by atoms with Crippen LogP contribution in [0.15, 0.2) is 30.3 Å². The molecule has 1 aliphatic rings. The molecule has 0 aliphatic carbocycles. The van der Waals surface area contributed by atoms with Crippen LogP contribution < -0.4 is 5.32 Å². The van der Waals surface area contributed by atoms with E-state index in [0.717, 1.165) is 5.69 Å². The first kappa shape index (κ1) is 22.7. The summed E-state index contributed by atoms with van der Waals surface area (Å²) in [6.07, 6.45) is 1.82. The maximum Gasteiger partial charge on any atom is 0.268 e. The third kappa shape index (κ3) is 4.28. The van der Waals surface area contributed by atoms with Crippen molar-refractivity contribution in [3.8, 4) is 0 Å². The number of carbonyl (C=O) groups is 3. The molecular formula is C24H31N3O4. The molecule has 2 N–H and O–H groups in total. The summed E-state index contributed by atoms with van der Waals surface area (Å²) < 4.78 is 1.81. The molecule has 1 aliphatic heterocycles. The zero-order valence-electron chi connectivity index (χ0n) is 18.6. The highest BCUT2D eigenvalue weighted by Crippen LogP contribution is 2.32. The summed E-state index contributed by atoms with van der Waals surface area (Å²) in [7, 11) is 1.81. The van der Waals surface area contributed by atoms with Crippen molar-refractivity contribution < 1.29 is 19.5 Å². The van der Waals surface area contributed by atoms with Crippen molar-refractivity contribution in [2.75, 3.05) is 13.2 Å². The normalized spacial score (nSPS) is 16.7. The van der Waals surface area contributed by atoms with Crippen LogP contribution in [0, 0.1) is 0 Å². The molecule has 2 unspecified atom stereocenters. The third-order valence-electron chi connectivity index (χ3n) is 6.06. The monoisotopic (exact) mass is 425 g/mol. The SMILES string of the molecule is CCc1c2c(n(C)c1C(=O)NC(C)CO)CC(CC)N(CC(=O)c1ccccc1)C2=O. The zero-order chi connectivity index (χ0) is 22.7. The number of fused-ring (bicyclic) bond motifs is 1. The molecule has 0 radical (unpaired) electrons. The van der Waals surface area contributed by atoms with E-state index in [4.69, 9.17) is 0 Å². The number of benzene rings is 1. The predicted molar refractivity (Wildman–Crippen MR) is 118 cm³/mol. The maximum atomic E-state index is 13.6. The summed E-state index contributed by atoms with van der Waals surface area (Å²) >= 11 is 0. The molecule has 0 spiro atoms. The Labute approximate surface area is 183 Å². The quantitative estimate of drug-likeness (QED) is 0.635. The lowest BCUT2D eigenvalue weighted by Gasteiger charge is -2.35. The minimum atomic E-state index is -0.386. The van der Waals surface area contributed by atoms with Gasteiger partial charge in [0, 0.05) is 36.8 Å². The van der Waals surface area contributed by atoms with Gasteiger partial charge < -0.3 is 19.9 Å². The van der Waals surface area contributed by atoms with E-state index in [2.05, 4.69) is 5.32 Å². The minimum Gasteiger partial charge on any atom is -0.394 e. The number of hydrogen-bond donors (Lipinski definition) is 2. The molecular weight excluding hydrogens is 394 g/mol. The highest BCUT2D eigenvalue weighted by molar-refractivity contribution is 6.06. The molecule has 3 rings (SSSR count). The average molecular weight is 426 g/mol. The van der Waals surface area contributed by atoms with Crippen molar-refractivity contribution in [3.05, 3.63) is 58.4 Å². The number of ketones is 1. The Morgan fingerprint density at radius 3 is 2.48 bits per heavy atom. The number of Topliss-reactive ketones (excluding diaryl/α,β-unsaturated/α-hetero) is 1. The molecule has 2 aromatic rings. The van der Waals surface area contributed by atoms with Crippen LogP contribution in [0.3, 0.4) is 0 Å². The average Bonchev–Trinajstić information content (AvgIpc) is 3.07. The molecule has 2 atom stereocenters. The summed E-state index contributed by atoms with van der Waals surface area (Å²) in [4.78, 5) is 41.0. The van der Waals surface area contributed by atoms with Crippen molar-refractivity contribution in [2.45, 2.75) is 52.1 Å². The first-order chi connectivity index (χ1) is 14.8. The zero-order valence-corrected chi connectivity index (χ0v) is 18.6. The Kier molecular flexibility index (Phi) is 6.95. The lowest BCUT2D eigenvalue weighted by Crippen LogP contribution is -2.48. The van der Waals surface area contributed by atoms with Crippen molar-refractivity contribution >= 4 is 17.6 Å². The molecule has 1 aromatic heterocycles. The summed E-state index contributed by atoms with van der Waals surface area (Å²) in [5, 5.41) is 12.1. The van der Waals surface area contributed by atoms with Gasteiger partial charge in [0.05, 0.1) is 18.7 Å². The lowest BCUT2D eigenvalue weighted by atomic mass is 9.93. The van der Waals surface area contributed by atoms with Crippen molar-refractivity contribution in [1.82, 2.24) is 14.8 Å². The number of amides is 2. The van der Waals surface area contributed by atoms with Gasteiger partial charge in [0.2, 0.25) is 0 Å². The second kappa shape index (κ2) is 9.47. The molecule has 0 bridgehead atoms. The number of nitrogens with one attached hydrogen (secondary N) is 1. The van der Waals surface area contributed by atoms with E-state index in [9.17, 15) is 19.5 Å². The van der Waals surface area contributed by atoms with E-state index in [-0.39, 0.29) is 42.8 Å². The van der Waals surface area contributed by atoms with Crippen molar-refractivity contribution in [1.29, 1.82) is 0 Å². The second-order valence-corrected chi connectivity index (χ2v) is 8.11. The van der Waals surface area contributed by atoms with Crippen LogP contribution in [0.4, 0.5) is 0 Å². The molecule has 7 heteroatoms. The first-order valence-electron chi connectivity index (χ1n) is 10.8. The van der Waals surface area contributed by atoms with E-state index >= 15 is 0 Å². The van der Waals surface area contributed by atoms with Crippen LogP contribution in [-0.4, -0.2) is 57.4 Å². The minimum absolute atomic E-state index is 0.0158. The fourth-order valence-corrected chi connectivity index (χ4v) is 4.34. The molecule has 2 amide bonds. The largest absolute Gasteiger partial charge is 0.394 e. The molecule has 7 nitrogen and oxygen atoms in total. The number of hydrogen-bond acceptors (Lipinski definition) is 4. The standard InChI is InChI=1S/C24H31N3O4/c1-5-17-12-19-21(18(6-2)22(26(19)4)23(30)25-15(3)14-28)24(31)27(17)13-20(29)16-10-8-7-9-11-16/h7-11,15,17,28H,5-6,12-14H2,1-4H3,(H,25,30). The highest BCUT2D eigenvalue weighted by Gasteiger charge is 2.39. The van der Waals surface area contributed by atoms with Crippen LogP contribution in [0.2, 0.25) is 0 Å². The van der Waals surface area contributed by atoms with Gasteiger partial charge in [-0.15, -0.1) is 0 Å². The Morgan fingerprint density at radius 1 is 1.23 bits per heavy atom. The lowest BCUT2D eigenvalue weighted by molar-refractivity contribution is 0.0603. The summed E-state index contributed by atoms with van der Waals surface area (Å²) in [5.41, 5.74) is 3.10. The smallest absolute Gasteiger partial charge is 0.268 e. The van der Waals surface area contributed by atoms with Gasteiger partial charge in [-0.25, -0.2) is 0 Å². The maximum absolute atomic E-state index is 13.6. The van der Waals surface area contributed by atoms with Crippen LogP contribution in [0.1, 0.15) is 69.7 Å². The van der Waals surface area contributed by atoms with E-state index in [1.807, 2.05) is 36.6 Å². The van der Waals surface area contributed by atoms with Crippen LogP contribution in [-0.2, 0) is 19.9 Å². The van der Waals surface area contributed by atoms with E-state index < -0.39 is 0 Å². The number of aliphatic hydroxyl groups is 1. The number of aliphatic hydroxyl groups excluding tert-OH is 1. The molecule has 2 heterocycles. The molecule has 0 saturated carbocycles. The van der Waals surface area contributed by atoms with Gasteiger partial charge in [-0.1, -0.05) is 44.2 Å². The summed E-state index contributed by atoms with van der Waals surface area (Å²) in [6.45, 7) is 5.50. The number of carbonyl (C=O) groups excluding carboxylic acids is 3. The fourth-order valence-electron chi connectivity index (χ4n) is 4.34. The molecule has 166 valence electrons. The van der Waals surface area contributed by atoms with E-state index in [1.54, 1.807) is 31.0 Å². The van der Waals surface area contributed by atoms with Gasteiger partial charge >= 0.3 is 0 Å². The Bertz CT molecular complexity index is 980. The number of nitrogens with zero attached hydrogens (tertiary/aromatic N) is 2. The van der Waals surface area contributed by atoms with Crippen molar-refractivity contribution in [2.24, 2.45) is 7.05 Å². The second-order valence-electron chi connectivity index (χ2n) is 8.11. The molecule has 0 saturated heterocycles. The van der Waals surface area contributed by atoms with E-state index in [0.29, 0.717) is 41.6 Å².